The Balaban J connectivity index is 2.01. The molecule has 0 aliphatic rings. The maximum atomic E-state index is 13.3. The molecule has 0 bridgehead atoms. The van der Waals surface area contributed by atoms with Gasteiger partial charge in [-0.3, -0.25) is 0 Å². The van der Waals surface area contributed by atoms with E-state index >= 15 is 0 Å². The summed E-state index contributed by atoms with van der Waals surface area (Å²) in [6, 6.07) is 13.9. The van der Waals surface area contributed by atoms with Crippen molar-refractivity contribution in [3.63, 3.8) is 0 Å². The molecule has 0 aliphatic carbocycles. The van der Waals surface area contributed by atoms with Gasteiger partial charge in [-0.05, 0) is 47.3 Å². The van der Waals surface area contributed by atoms with Crippen molar-refractivity contribution < 1.29 is 4.39 Å². The minimum Gasteiger partial charge on any atom is -0.343 e. The van der Waals surface area contributed by atoms with E-state index < -0.39 is 0 Å². The van der Waals surface area contributed by atoms with Crippen LogP contribution >= 0.6 is 11.6 Å². The number of fused-ring (bicyclic) bond motifs is 1. The Morgan fingerprint density at radius 3 is 2.75 bits per heavy atom. The summed E-state index contributed by atoms with van der Waals surface area (Å²) in [6.07, 6.45) is 1.90. The molecular formula is C16H10ClFN2. The SMILES string of the molecule is N#Cc1ccc(Cn2ccc3ccc(F)cc32)c(Cl)c1. The highest BCUT2D eigenvalue weighted by Crippen LogP contribution is 2.22. The van der Waals surface area contributed by atoms with Gasteiger partial charge in [0, 0.05) is 17.8 Å². The molecule has 0 radical (unpaired) electrons. The fraction of sp³-hybridized carbons (Fsp3) is 0.0625. The van der Waals surface area contributed by atoms with E-state index in [-0.39, 0.29) is 5.82 Å². The van der Waals surface area contributed by atoms with Crippen molar-refractivity contribution in [2.24, 2.45) is 0 Å². The molecule has 0 aliphatic heterocycles. The van der Waals surface area contributed by atoms with Gasteiger partial charge in [0.05, 0.1) is 17.1 Å². The lowest BCUT2D eigenvalue weighted by atomic mass is 10.1. The highest BCUT2D eigenvalue weighted by molar-refractivity contribution is 6.31. The normalized spacial score (nSPS) is 10.7. The molecule has 1 aromatic heterocycles. The summed E-state index contributed by atoms with van der Waals surface area (Å²) in [5.41, 5.74) is 2.25. The Morgan fingerprint density at radius 1 is 1.15 bits per heavy atom. The molecule has 98 valence electrons. The van der Waals surface area contributed by atoms with Crippen LogP contribution in [0.2, 0.25) is 5.02 Å². The van der Waals surface area contributed by atoms with Gasteiger partial charge in [-0.1, -0.05) is 17.7 Å². The predicted octanol–water partition coefficient (Wildman–Crippen LogP) is 4.35. The zero-order chi connectivity index (χ0) is 14.1. The third-order valence-electron chi connectivity index (χ3n) is 3.26. The Bertz CT molecular complexity index is 830. The number of benzene rings is 2. The van der Waals surface area contributed by atoms with Crippen molar-refractivity contribution in [2.75, 3.05) is 0 Å². The summed E-state index contributed by atoms with van der Waals surface area (Å²) in [5, 5.41) is 10.4. The van der Waals surface area contributed by atoms with Crippen molar-refractivity contribution in [1.82, 2.24) is 4.57 Å². The Kier molecular flexibility index (Phi) is 3.17. The first-order chi connectivity index (χ1) is 9.67. The van der Waals surface area contributed by atoms with E-state index in [0.717, 1.165) is 16.5 Å². The summed E-state index contributed by atoms with van der Waals surface area (Å²) >= 11 is 6.17. The number of rotatable bonds is 2. The molecule has 0 amide bonds. The van der Waals surface area contributed by atoms with E-state index in [1.54, 1.807) is 18.2 Å². The lowest BCUT2D eigenvalue weighted by Crippen LogP contribution is -1.99. The fourth-order valence-electron chi connectivity index (χ4n) is 2.22. The minimum absolute atomic E-state index is 0.261. The third kappa shape index (κ3) is 2.26. The molecule has 0 unspecified atom stereocenters. The van der Waals surface area contributed by atoms with Crippen LogP contribution in [-0.4, -0.2) is 4.57 Å². The number of nitrogens with zero attached hydrogens (tertiary/aromatic N) is 2. The van der Waals surface area contributed by atoms with Crippen LogP contribution in [-0.2, 0) is 6.54 Å². The summed E-state index contributed by atoms with van der Waals surface area (Å²) in [7, 11) is 0. The van der Waals surface area contributed by atoms with E-state index in [0.29, 0.717) is 17.1 Å². The summed E-state index contributed by atoms with van der Waals surface area (Å²) in [4.78, 5) is 0. The monoisotopic (exact) mass is 284 g/mol. The third-order valence-corrected chi connectivity index (χ3v) is 3.61. The van der Waals surface area contributed by atoms with Crippen LogP contribution in [0.15, 0.2) is 48.7 Å². The minimum atomic E-state index is -0.261. The van der Waals surface area contributed by atoms with Crippen molar-refractivity contribution in [1.29, 1.82) is 5.26 Å². The first kappa shape index (κ1) is 12.7. The molecular weight excluding hydrogens is 275 g/mol. The molecule has 0 atom stereocenters. The van der Waals surface area contributed by atoms with Crippen molar-refractivity contribution in [2.45, 2.75) is 6.54 Å². The number of hydrogen-bond acceptors (Lipinski definition) is 1. The van der Waals surface area contributed by atoms with E-state index in [2.05, 4.69) is 6.07 Å². The Hall–Kier alpha value is -2.31. The molecule has 4 heteroatoms. The van der Waals surface area contributed by atoms with Crippen LogP contribution in [0.4, 0.5) is 4.39 Å². The topological polar surface area (TPSA) is 28.7 Å². The predicted molar refractivity (Wildman–Crippen MR) is 77.2 cm³/mol. The molecule has 0 saturated heterocycles. The van der Waals surface area contributed by atoms with Gasteiger partial charge in [-0.25, -0.2) is 4.39 Å². The smallest absolute Gasteiger partial charge is 0.125 e. The van der Waals surface area contributed by atoms with E-state index in [9.17, 15) is 4.39 Å². The highest BCUT2D eigenvalue weighted by atomic mass is 35.5. The first-order valence-electron chi connectivity index (χ1n) is 6.10. The summed E-state index contributed by atoms with van der Waals surface area (Å²) in [6.45, 7) is 0.539. The van der Waals surface area contributed by atoms with E-state index in [1.165, 1.54) is 12.1 Å². The number of halogens is 2. The van der Waals surface area contributed by atoms with Gasteiger partial charge < -0.3 is 4.57 Å². The average Bonchev–Trinajstić information content (AvgIpc) is 2.83. The van der Waals surface area contributed by atoms with Gasteiger partial charge in [0.2, 0.25) is 0 Å². The van der Waals surface area contributed by atoms with Gasteiger partial charge in [0.1, 0.15) is 5.82 Å². The second kappa shape index (κ2) is 4.99. The van der Waals surface area contributed by atoms with Gasteiger partial charge in [-0.2, -0.15) is 5.26 Å². The molecule has 3 aromatic rings. The van der Waals surface area contributed by atoms with Crippen LogP contribution in [0.25, 0.3) is 10.9 Å². The highest BCUT2D eigenvalue weighted by Gasteiger charge is 2.06. The van der Waals surface area contributed by atoms with E-state index in [1.807, 2.05) is 22.9 Å². The molecule has 0 saturated carbocycles. The average molecular weight is 285 g/mol. The van der Waals surface area contributed by atoms with Crippen molar-refractivity contribution in [3.8, 4) is 6.07 Å². The molecule has 2 nitrogen and oxygen atoms in total. The zero-order valence-electron chi connectivity index (χ0n) is 10.5. The summed E-state index contributed by atoms with van der Waals surface area (Å²) in [5.74, 6) is -0.261. The second-order valence-corrected chi connectivity index (χ2v) is 4.97. The lowest BCUT2D eigenvalue weighted by Gasteiger charge is -2.08. The molecule has 0 spiro atoms. The lowest BCUT2D eigenvalue weighted by molar-refractivity contribution is 0.628. The van der Waals surface area contributed by atoms with Crippen LogP contribution in [0.1, 0.15) is 11.1 Å². The van der Waals surface area contributed by atoms with Gasteiger partial charge >= 0.3 is 0 Å². The number of aromatic nitrogens is 1. The van der Waals surface area contributed by atoms with E-state index in [4.69, 9.17) is 16.9 Å². The first-order valence-corrected chi connectivity index (χ1v) is 6.48. The van der Waals surface area contributed by atoms with Crippen LogP contribution in [0.5, 0.6) is 0 Å². The van der Waals surface area contributed by atoms with Crippen molar-refractivity contribution in [3.05, 3.63) is 70.6 Å². The molecule has 3 rings (SSSR count). The van der Waals surface area contributed by atoms with Gasteiger partial charge in [0.15, 0.2) is 0 Å². The van der Waals surface area contributed by atoms with Crippen LogP contribution in [0, 0.1) is 17.1 Å². The van der Waals surface area contributed by atoms with Crippen molar-refractivity contribution >= 4 is 22.5 Å². The zero-order valence-corrected chi connectivity index (χ0v) is 11.2. The standard InChI is InChI=1S/C16H10ClFN2/c17-15-7-11(9-19)1-2-13(15)10-20-6-5-12-3-4-14(18)8-16(12)20/h1-8H,10H2. The van der Waals surface area contributed by atoms with Crippen LogP contribution < -0.4 is 0 Å². The molecule has 20 heavy (non-hydrogen) atoms. The second-order valence-electron chi connectivity index (χ2n) is 4.56. The fourth-order valence-corrected chi connectivity index (χ4v) is 2.46. The van der Waals surface area contributed by atoms with Gasteiger partial charge in [0.25, 0.3) is 0 Å². The number of hydrogen-bond donors (Lipinski definition) is 0. The molecule has 1 heterocycles. The van der Waals surface area contributed by atoms with Crippen LogP contribution in [0.3, 0.4) is 0 Å². The number of nitriles is 1. The maximum Gasteiger partial charge on any atom is 0.125 e. The Morgan fingerprint density at radius 2 is 2.00 bits per heavy atom. The molecule has 2 aromatic carbocycles. The molecule has 0 N–H and O–H groups in total. The quantitative estimate of drug-likeness (QED) is 0.687. The maximum absolute atomic E-state index is 13.3. The Labute approximate surface area is 120 Å². The largest absolute Gasteiger partial charge is 0.343 e. The summed E-state index contributed by atoms with van der Waals surface area (Å²) < 4.78 is 15.3. The molecule has 0 fully saturated rings. The van der Waals surface area contributed by atoms with Gasteiger partial charge in [-0.15, -0.1) is 0 Å².